The Labute approximate surface area is 155 Å². The Kier molecular flexibility index (Phi) is 4.24. The third kappa shape index (κ3) is 3.10. The molecule has 0 aliphatic carbocycles. The second-order valence-electron chi connectivity index (χ2n) is 6.53. The van der Waals surface area contributed by atoms with E-state index in [0.29, 0.717) is 16.9 Å². The molecule has 6 nitrogen and oxygen atoms in total. The van der Waals surface area contributed by atoms with Crippen LogP contribution in [0.2, 0.25) is 0 Å². The molecule has 27 heavy (non-hydrogen) atoms. The van der Waals surface area contributed by atoms with Crippen molar-refractivity contribution < 1.29 is 18.8 Å². The molecule has 0 unspecified atom stereocenters. The van der Waals surface area contributed by atoms with Crippen molar-refractivity contribution in [3.63, 3.8) is 0 Å². The van der Waals surface area contributed by atoms with Crippen molar-refractivity contribution in [3.8, 4) is 0 Å². The van der Waals surface area contributed by atoms with Gasteiger partial charge in [0.1, 0.15) is 11.3 Å². The highest BCUT2D eigenvalue weighted by atomic mass is 16.3. The molecule has 1 aliphatic heterocycles. The number of para-hydroxylation sites is 1. The van der Waals surface area contributed by atoms with Gasteiger partial charge in [-0.1, -0.05) is 30.3 Å². The highest BCUT2D eigenvalue weighted by Crippen LogP contribution is 2.24. The van der Waals surface area contributed by atoms with Gasteiger partial charge in [0.15, 0.2) is 0 Å². The predicted molar refractivity (Wildman–Crippen MR) is 99.2 cm³/mol. The lowest BCUT2D eigenvalue weighted by Crippen LogP contribution is -2.35. The maximum absolute atomic E-state index is 12.3. The summed E-state index contributed by atoms with van der Waals surface area (Å²) >= 11 is 0. The molecule has 0 saturated carbocycles. The molecule has 2 heterocycles. The highest BCUT2D eigenvalue weighted by Gasteiger charge is 2.35. The monoisotopic (exact) mass is 362 g/mol. The summed E-state index contributed by atoms with van der Waals surface area (Å²) in [5, 5.41) is 3.82. The maximum Gasteiger partial charge on any atom is 0.261 e. The van der Waals surface area contributed by atoms with Crippen LogP contribution in [0.3, 0.4) is 0 Å². The largest absolute Gasteiger partial charge is 0.459 e. The number of hydrogen-bond acceptors (Lipinski definition) is 4. The second kappa shape index (κ2) is 6.72. The van der Waals surface area contributed by atoms with Crippen LogP contribution >= 0.6 is 0 Å². The van der Waals surface area contributed by atoms with E-state index in [1.165, 1.54) is 0 Å². The Morgan fingerprint density at radius 2 is 1.67 bits per heavy atom. The second-order valence-corrected chi connectivity index (χ2v) is 6.53. The van der Waals surface area contributed by atoms with Crippen molar-refractivity contribution in [1.29, 1.82) is 0 Å². The molecule has 0 fully saturated rings. The van der Waals surface area contributed by atoms with Gasteiger partial charge < -0.3 is 9.73 Å². The van der Waals surface area contributed by atoms with Gasteiger partial charge in [-0.2, -0.15) is 0 Å². The van der Waals surface area contributed by atoms with Crippen LogP contribution in [0.5, 0.6) is 0 Å². The van der Waals surface area contributed by atoms with Crippen LogP contribution < -0.4 is 5.32 Å². The van der Waals surface area contributed by atoms with Gasteiger partial charge in [0.05, 0.1) is 17.2 Å². The van der Waals surface area contributed by atoms with Crippen LogP contribution in [-0.4, -0.2) is 29.2 Å². The lowest BCUT2D eigenvalue weighted by molar-refractivity contribution is -0.121. The Bertz CT molecular complexity index is 985. The third-order valence-electron chi connectivity index (χ3n) is 4.69. The molecule has 3 aromatic rings. The van der Waals surface area contributed by atoms with Crippen LogP contribution in [0.1, 0.15) is 45.9 Å². The Hall–Kier alpha value is -3.41. The van der Waals surface area contributed by atoms with E-state index in [9.17, 15) is 14.4 Å². The number of nitrogens with one attached hydrogen (secondary N) is 1. The first-order chi connectivity index (χ1) is 13.0. The Morgan fingerprint density at radius 3 is 2.33 bits per heavy atom. The topological polar surface area (TPSA) is 79.6 Å². The van der Waals surface area contributed by atoms with Gasteiger partial charge in [-0.05, 0) is 31.2 Å². The Morgan fingerprint density at radius 1 is 1.04 bits per heavy atom. The highest BCUT2D eigenvalue weighted by molar-refractivity contribution is 6.21. The molecule has 2 aromatic carbocycles. The molecule has 0 bridgehead atoms. The normalized spacial score (nSPS) is 14.5. The van der Waals surface area contributed by atoms with Gasteiger partial charge >= 0.3 is 0 Å². The zero-order valence-electron chi connectivity index (χ0n) is 14.8. The van der Waals surface area contributed by atoms with E-state index >= 15 is 0 Å². The SMILES string of the molecule is C[C@H](NC(=O)CCN1C(=O)c2ccccc2C1=O)c1cc2ccccc2o1. The number of furan rings is 1. The van der Waals surface area contributed by atoms with Crippen molar-refractivity contribution in [2.75, 3.05) is 6.54 Å². The summed E-state index contributed by atoms with van der Waals surface area (Å²) in [7, 11) is 0. The minimum Gasteiger partial charge on any atom is -0.459 e. The van der Waals surface area contributed by atoms with Crippen molar-refractivity contribution >= 4 is 28.7 Å². The molecule has 0 radical (unpaired) electrons. The number of imide groups is 1. The summed E-state index contributed by atoms with van der Waals surface area (Å²) in [5.74, 6) is -0.299. The van der Waals surface area contributed by atoms with Gasteiger partial charge in [0.2, 0.25) is 5.91 Å². The third-order valence-corrected chi connectivity index (χ3v) is 4.69. The van der Waals surface area contributed by atoms with Crippen molar-refractivity contribution in [3.05, 3.63) is 71.5 Å². The van der Waals surface area contributed by atoms with E-state index < -0.39 is 0 Å². The van der Waals surface area contributed by atoms with E-state index in [1.807, 2.05) is 37.3 Å². The van der Waals surface area contributed by atoms with Crippen LogP contribution in [-0.2, 0) is 4.79 Å². The number of fused-ring (bicyclic) bond motifs is 2. The van der Waals surface area contributed by atoms with E-state index in [0.717, 1.165) is 15.9 Å². The molecule has 6 heteroatoms. The zero-order chi connectivity index (χ0) is 19.0. The average Bonchev–Trinajstić information content (AvgIpc) is 3.21. The minimum absolute atomic E-state index is 0.0377. The summed E-state index contributed by atoms with van der Waals surface area (Å²) < 4.78 is 5.75. The van der Waals surface area contributed by atoms with E-state index in [-0.39, 0.29) is 36.7 Å². The number of benzene rings is 2. The molecule has 1 aliphatic rings. The van der Waals surface area contributed by atoms with E-state index in [2.05, 4.69) is 5.32 Å². The van der Waals surface area contributed by atoms with Gasteiger partial charge in [-0.3, -0.25) is 19.3 Å². The molecular weight excluding hydrogens is 344 g/mol. The fraction of sp³-hybridized carbons (Fsp3) is 0.190. The smallest absolute Gasteiger partial charge is 0.261 e. The summed E-state index contributed by atoms with van der Waals surface area (Å²) in [5.41, 5.74) is 1.54. The molecule has 4 rings (SSSR count). The zero-order valence-corrected chi connectivity index (χ0v) is 14.8. The quantitative estimate of drug-likeness (QED) is 0.706. The average molecular weight is 362 g/mol. The number of rotatable bonds is 5. The minimum atomic E-state index is -0.353. The van der Waals surface area contributed by atoms with Crippen molar-refractivity contribution in [2.45, 2.75) is 19.4 Å². The number of carbonyl (C=O) groups is 3. The van der Waals surface area contributed by atoms with Crippen LogP contribution in [0.15, 0.2) is 59.0 Å². The molecule has 1 atom stereocenters. The first-order valence-corrected chi connectivity index (χ1v) is 8.77. The number of nitrogens with zero attached hydrogens (tertiary/aromatic N) is 1. The first kappa shape index (κ1) is 17.0. The van der Waals surface area contributed by atoms with Crippen molar-refractivity contribution in [2.24, 2.45) is 0 Å². The van der Waals surface area contributed by atoms with Gasteiger partial charge in [0, 0.05) is 18.4 Å². The molecule has 1 aromatic heterocycles. The van der Waals surface area contributed by atoms with E-state index in [1.54, 1.807) is 24.3 Å². The maximum atomic E-state index is 12.3. The molecule has 136 valence electrons. The number of amides is 3. The summed E-state index contributed by atoms with van der Waals surface area (Å²) in [6.45, 7) is 1.88. The summed E-state index contributed by atoms with van der Waals surface area (Å²) in [4.78, 5) is 38.0. The van der Waals surface area contributed by atoms with Crippen molar-refractivity contribution in [1.82, 2.24) is 10.2 Å². The van der Waals surface area contributed by atoms with Crippen LogP contribution in [0.25, 0.3) is 11.0 Å². The molecule has 3 amide bonds. The van der Waals surface area contributed by atoms with Gasteiger partial charge in [-0.25, -0.2) is 0 Å². The lowest BCUT2D eigenvalue weighted by Gasteiger charge is -2.15. The standard InChI is InChI=1S/C21H18N2O4/c1-13(18-12-14-6-2-5-9-17(14)27-18)22-19(24)10-11-23-20(25)15-7-3-4-8-16(15)21(23)26/h2-9,12-13H,10-11H2,1H3,(H,22,24)/t13-/m0/s1. The first-order valence-electron chi connectivity index (χ1n) is 8.77. The number of hydrogen-bond donors (Lipinski definition) is 1. The lowest BCUT2D eigenvalue weighted by atomic mass is 10.1. The van der Waals surface area contributed by atoms with Gasteiger partial charge in [-0.15, -0.1) is 0 Å². The molecule has 1 N–H and O–H groups in total. The van der Waals surface area contributed by atoms with Crippen LogP contribution in [0.4, 0.5) is 0 Å². The van der Waals surface area contributed by atoms with E-state index in [4.69, 9.17) is 4.42 Å². The van der Waals surface area contributed by atoms with Crippen LogP contribution in [0, 0.1) is 0 Å². The summed E-state index contributed by atoms with van der Waals surface area (Å²) in [6.07, 6.45) is 0.0377. The summed E-state index contributed by atoms with van der Waals surface area (Å²) in [6, 6.07) is 15.9. The number of carbonyl (C=O) groups excluding carboxylic acids is 3. The fourth-order valence-corrected chi connectivity index (χ4v) is 3.26. The molecule has 0 spiro atoms. The Balaban J connectivity index is 1.37. The predicted octanol–water partition coefficient (Wildman–Crippen LogP) is 3.30. The fourth-order valence-electron chi connectivity index (χ4n) is 3.26. The van der Waals surface area contributed by atoms with Gasteiger partial charge in [0.25, 0.3) is 11.8 Å². The molecular formula is C21H18N2O4. The molecule has 0 saturated heterocycles.